The molecule has 2 aromatic carbocycles. The third kappa shape index (κ3) is 5.61. The zero-order valence-electron chi connectivity index (χ0n) is 17.7. The van der Waals surface area contributed by atoms with Crippen LogP contribution in [0.2, 0.25) is 5.02 Å². The quantitative estimate of drug-likeness (QED) is 0.698. The second-order valence-electron chi connectivity index (χ2n) is 7.69. The van der Waals surface area contributed by atoms with Crippen molar-refractivity contribution in [3.8, 4) is 0 Å². The Labute approximate surface area is 184 Å². The highest BCUT2D eigenvalue weighted by Gasteiger charge is 2.26. The van der Waals surface area contributed by atoms with E-state index in [0.717, 1.165) is 37.5 Å². The Bertz CT molecular complexity index is 874. The Kier molecular flexibility index (Phi) is 7.88. The number of benzene rings is 2. The van der Waals surface area contributed by atoms with E-state index in [4.69, 9.17) is 11.6 Å². The minimum absolute atomic E-state index is 0.00259. The molecule has 0 radical (unpaired) electrons. The maximum atomic E-state index is 12.9. The van der Waals surface area contributed by atoms with Gasteiger partial charge in [-0.25, -0.2) is 0 Å². The number of piperidine rings is 1. The van der Waals surface area contributed by atoms with Gasteiger partial charge >= 0.3 is 0 Å². The van der Waals surface area contributed by atoms with Crippen molar-refractivity contribution in [2.75, 3.05) is 31.5 Å². The van der Waals surface area contributed by atoms with Crippen LogP contribution in [0.15, 0.2) is 48.5 Å². The molecule has 1 fully saturated rings. The summed E-state index contributed by atoms with van der Waals surface area (Å²) < 4.78 is 0. The summed E-state index contributed by atoms with van der Waals surface area (Å²) in [5, 5.41) is 3.76. The number of likely N-dealkylation sites (tertiary alicyclic amines) is 1. The first-order valence-corrected chi connectivity index (χ1v) is 11.1. The Hall–Kier alpha value is -2.37. The number of hydrogen-bond acceptors (Lipinski definition) is 3. The van der Waals surface area contributed by atoms with Crippen LogP contribution in [0.5, 0.6) is 0 Å². The van der Waals surface area contributed by atoms with Crippen LogP contribution in [-0.4, -0.2) is 47.8 Å². The lowest BCUT2D eigenvalue weighted by molar-refractivity contribution is -0.121. The summed E-state index contributed by atoms with van der Waals surface area (Å²) in [5.74, 6) is -0.0957. The van der Waals surface area contributed by atoms with E-state index in [0.29, 0.717) is 24.3 Å². The number of hydrogen-bond donors (Lipinski definition) is 1. The van der Waals surface area contributed by atoms with E-state index in [-0.39, 0.29) is 17.7 Å². The van der Waals surface area contributed by atoms with Gasteiger partial charge in [0.2, 0.25) is 5.91 Å². The van der Waals surface area contributed by atoms with E-state index < -0.39 is 0 Å². The highest BCUT2D eigenvalue weighted by molar-refractivity contribution is 6.30. The van der Waals surface area contributed by atoms with Crippen LogP contribution in [0.25, 0.3) is 0 Å². The highest BCUT2D eigenvalue weighted by atomic mass is 35.5. The molecule has 1 N–H and O–H groups in total. The zero-order chi connectivity index (χ0) is 21.5. The van der Waals surface area contributed by atoms with Crippen molar-refractivity contribution in [1.29, 1.82) is 0 Å². The predicted octanol–water partition coefficient (Wildman–Crippen LogP) is 4.67. The SMILES string of the molecule is CCN(CC)C(=O)c1ccccc1NC(=O)C1CCN(Cc2cccc(Cl)c2)CC1. The Morgan fingerprint density at radius 3 is 2.43 bits per heavy atom. The van der Waals surface area contributed by atoms with Crippen molar-refractivity contribution in [3.63, 3.8) is 0 Å². The van der Waals surface area contributed by atoms with E-state index in [1.54, 1.807) is 11.0 Å². The minimum atomic E-state index is -0.0489. The van der Waals surface area contributed by atoms with Crippen molar-refractivity contribution in [3.05, 3.63) is 64.7 Å². The molecule has 0 aliphatic carbocycles. The van der Waals surface area contributed by atoms with Gasteiger partial charge in [0.05, 0.1) is 11.3 Å². The predicted molar refractivity (Wildman–Crippen MR) is 122 cm³/mol. The molecular weight excluding hydrogens is 398 g/mol. The van der Waals surface area contributed by atoms with Crippen LogP contribution < -0.4 is 5.32 Å². The summed E-state index contributed by atoms with van der Waals surface area (Å²) in [6, 6.07) is 15.2. The fourth-order valence-corrected chi connectivity index (χ4v) is 4.15. The van der Waals surface area contributed by atoms with Gasteiger partial charge in [0.15, 0.2) is 0 Å². The standard InChI is InChI=1S/C24H30ClN3O2/c1-3-28(4-2)24(30)21-10-5-6-11-22(21)26-23(29)19-12-14-27(15-13-19)17-18-8-7-9-20(25)16-18/h5-11,16,19H,3-4,12-15,17H2,1-2H3,(H,26,29). The number of halogens is 1. The molecule has 160 valence electrons. The fourth-order valence-electron chi connectivity index (χ4n) is 3.94. The summed E-state index contributed by atoms with van der Waals surface area (Å²) in [6.45, 7) is 7.77. The molecule has 1 aliphatic heterocycles. The fraction of sp³-hybridized carbons (Fsp3) is 0.417. The van der Waals surface area contributed by atoms with E-state index in [9.17, 15) is 9.59 Å². The molecule has 1 saturated heterocycles. The number of para-hydroxylation sites is 1. The van der Waals surface area contributed by atoms with Crippen LogP contribution in [0.1, 0.15) is 42.6 Å². The number of rotatable bonds is 7. The molecule has 0 atom stereocenters. The highest BCUT2D eigenvalue weighted by Crippen LogP contribution is 2.24. The van der Waals surface area contributed by atoms with Crippen molar-refractivity contribution in [2.24, 2.45) is 5.92 Å². The molecule has 0 bridgehead atoms. The Morgan fingerprint density at radius 1 is 1.07 bits per heavy atom. The van der Waals surface area contributed by atoms with Gasteiger partial charge in [-0.15, -0.1) is 0 Å². The first-order chi connectivity index (χ1) is 14.5. The molecule has 1 aliphatic rings. The number of carbonyl (C=O) groups is 2. The second-order valence-corrected chi connectivity index (χ2v) is 8.13. The Morgan fingerprint density at radius 2 is 1.77 bits per heavy atom. The zero-order valence-corrected chi connectivity index (χ0v) is 18.5. The number of carbonyl (C=O) groups excluding carboxylic acids is 2. The molecular formula is C24H30ClN3O2. The molecule has 0 unspecified atom stereocenters. The van der Waals surface area contributed by atoms with Crippen LogP contribution >= 0.6 is 11.6 Å². The molecule has 2 aromatic rings. The number of amides is 2. The number of anilines is 1. The van der Waals surface area contributed by atoms with E-state index in [1.807, 2.05) is 50.2 Å². The third-order valence-electron chi connectivity index (χ3n) is 5.72. The molecule has 0 saturated carbocycles. The molecule has 6 heteroatoms. The summed E-state index contributed by atoms with van der Waals surface area (Å²) in [4.78, 5) is 29.8. The molecule has 1 heterocycles. The van der Waals surface area contributed by atoms with E-state index in [1.165, 1.54) is 5.56 Å². The summed E-state index contributed by atoms with van der Waals surface area (Å²) in [5.41, 5.74) is 2.34. The van der Waals surface area contributed by atoms with Gasteiger partial charge in [0, 0.05) is 30.6 Å². The van der Waals surface area contributed by atoms with Gasteiger partial charge in [0.25, 0.3) is 5.91 Å². The monoisotopic (exact) mass is 427 g/mol. The average Bonchev–Trinajstić information content (AvgIpc) is 2.75. The lowest BCUT2D eigenvalue weighted by Crippen LogP contribution is -2.38. The van der Waals surface area contributed by atoms with Crippen LogP contribution in [0, 0.1) is 5.92 Å². The largest absolute Gasteiger partial charge is 0.339 e. The smallest absolute Gasteiger partial charge is 0.255 e. The van der Waals surface area contributed by atoms with Gasteiger partial charge in [-0.3, -0.25) is 14.5 Å². The van der Waals surface area contributed by atoms with Crippen molar-refractivity contribution in [2.45, 2.75) is 33.2 Å². The van der Waals surface area contributed by atoms with Crippen LogP contribution in [0.4, 0.5) is 5.69 Å². The molecule has 0 aromatic heterocycles. The maximum Gasteiger partial charge on any atom is 0.255 e. The van der Waals surface area contributed by atoms with Gasteiger partial charge in [0.1, 0.15) is 0 Å². The van der Waals surface area contributed by atoms with Crippen molar-refractivity contribution < 1.29 is 9.59 Å². The molecule has 5 nitrogen and oxygen atoms in total. The lowest BCUT2D eigenvalue weighted by Gasteiger charge is -2.31. The second kappa shape index (κ2) is 10.6. The maximum absolute atomic E-state index is 12.9. The van der Waals surface area contributed by atoms with Gasteiger partial charge in [-0.2, -0.15) is 0 Å². The van der Waals surface area contributed by atoms with Gasteiger partial charge < -0.3 is 10.2 Å². The van der Waals surface area contributed by atoms with Gasteiger partial charge in [-0.05, 0) is 69.6 Å². The van der Waals surface area contributed by atoms with Crippen molar-refractivity contribution in [1.82, 2.24) is 9.80 Å². The van der Waals surface area contributed by atoms with Crippen LogP contribution in [0.3, 0.4) is 0 Å². The van der Waals surface area contributed by atoms with Crippen molar-refractivity contribution >= 4 is 29.1 Å². The molecule has 30 heavy (non-hydrogen) atoms. The van der Waals surface area contributed by atoms with E-state index >= 15 is 0 Å². The third-order valence-corrected chi connectivity index (χ3v) is 5.95. The lowest BCUT2D eigenvalue weighted by atomic mass is 9.95. The van der Waals surface area contributed by atoms with E-state index in [2.05, 4.69) is 16.3 Å². The topological polar surface area (TPSA) is 52.7 Å². The average molecular weight is 428 g/mol. The normalized spacial score (nSPS) is 15.0. The molecule has 2 amide bonds. The summed E-state index contributed by atoms with van der Waals surface area (Å²) in [6.07, 6.45) is 1.61. The Balaban J connectivity index is 1.58. The first kappa shape index (κ1) is 22.3. The molecule has 0 spiro atoms. The van der Waals surface area contributed by atoms with Gasteiger partial charge in [-0.1, -0.05) is 35.9 Å². The number of nitrogens with one attached hydrogen (secondary N) is 1. The number of nitrogens with zero attached hydrogens (tertiary/aromatic N) is 2. The van der Waals surface area contributed by atoms with Crippen LogP contribution in [-0.2, 0) is 11.3 Å². The summed E-state index contributed by atoms with van der Waals surface area (Å²) >= 11 is 6.08. The first-order valence-electron chi connectivity index (χ1n) is 10.7. The molecule has 3 rings (SSSR count). The summed E-state index contributed by atoms with van der Waals surface area (Å²) in [7, 11) is 0. The minimum Gasteiger partial charge on any atom is -0.339 e.